The minimum Gasteiger partial charge on any atom is -0.493 e. The summed E-state index contributed by atoms with van der Waals surface area (Å²) in [5.41, 5.74) is 0. The van der Waals surface area contributed by atoms with Crippen LogP contribution in [0.25, 0.3) is 0 Å². The van der Waals surface area contributed by atoms with E-state index in [-0.39, 0.29) is 18.9 Å². The van der Waals surface area contributed by atoms with Crippen molar-refractivity contribution in [3.63, 3.8) is 0 Å². The third kappa shape index (κ3) is 3.71. The molecule has 1 atom stereocenters. The van der Waals surface area contributed by atoms with Gasteiger partial charge in [-0.15, -0.1) is 0 Å². The molecule has 6 nitrogen and oxygen atoms in total. The van der Waals surface area contributed by atoms with E-state index in [4.69, 9.17) is 9.84 Å². The van der Waals surface area contributed by atoms with Gasteiger partial charge in [-0.3, -0.25) is 4.79 Å². The highest BCUT2D eigenvalue weighted by molar-refractivity contribution is 5.84. The van der Waals surface area contributed by atoms with E-state index >= 15 is 0 Å². The molecule has 1 heterocycles. The minimum atomic E-state index is -0.977. The van der Waals surface area contributed by atoms with Crippen LogP contribution in [0.5, 0.6) is 5.75 Å². The zero-order chi connectivity index (χ0) is 14.4. The van der Waals surface area contributed by atoms with Crippen molar-refractivity contribution in [1.29, 1.82) is 0 Å². The monoisotopic (exact) mass is 278 g/mol. The summed E-state index contributed by atoms with van der Waals surface area (Å²) in [5.74, 6) is -0.459. The maximum absolute atomic E-state index is 12.1. The van der Waals surface area contributed by atoms with Crippen LogP contribution in [0.3, 0.4) is 0 Å². The Bertz CT molecular complexity index is 464. The summed E-state index contributed by atoms with van der Waals surface area (Å²) in [4.78, 5) is 24.6. The number of nitrogens with one attached hydrogen (secondary N) is 1. The summed E-state index contributed by atoms with van der Waals surface area (Å²) < 4.78 is 5.45. The first-order valence-electron chi connectivity index (χ1n) is 6.59. The van der Waals surface area contributed by atoms with Crippen molar-refractivity contribution in [3.8, 4) is 5.75 Å². The first-order chi connectivity index (χ1) is 9.68. The van der Waals surface area contributed by atoms with Gasteiger partial charge in [-0.25, -0.2) is 4.79 Å². The van der Waals surface area contributed by atoms with Gasteiger partial charge in [0, 0.05) is 19.6 Å². The number of amides is 1. The molecule has 0 aromatic heterocycles. The second-order valence-electron chi connectivity index (χ2n) is 4.56. The third-order valence-corrected chi connectivity index (χ3v) is 3.18. The van der Waals surface area contributed by atoms with E-state index in [0.717, 1.165) is 0 Å². The predicted octanol–water partition coefficient (Wildman–Crippen LogP) is 0.341. The van der Waals surface area contributed by atoms with Gasteiger partial charge in [0.1, 0.15) is 11.8 Å². The van der Waals surface area contributed by atoms with Crippen molar-refractivity contribution in [2.24, 2.45) is 0 Å². The zero-order valence-corrected chi connectivity index (χ0v) is 11.1. The fourth-order valence-electron chi connectivity index (χ4n) is 2.14. The summed E-state index contributed by atoms with van der Waals surface area (Å²) in [6, 6.07) is 8.44. The summed E-state index contributed by atoms with van der Waals surface area (Å²) >= 11 is 0. The molecule has 1 saturated heterocycles. The molecule has 1 aromatic rings. The number of carbonyl (C=O) groups excluding carboxylic acids is 1. The molecule has 0 bridgehead atoms. The molecule has 0 spiro atoms. The average Bonchev–Trinajstić information content (AvgIpc) is 2.48. The van der Waals surface area contributed by atoms with Crippen LogP contribution in [0.4, 0.5) is 0 Å². The van der Waals surface area contributed by atoms with E-state index < -0.39 is 12.0 Å². The molecule has 1 aliphatic heterocycles. The molecular weight excluding hydrogens is 260 g/mol. The molecule has 108 valence electrons. The van der Waals surface area contributed by atoms with Crippen molar-refractivity contribution in [2.45, 2.75) is 12.5 Å². The van der Waals surface area contributed by atoms with E-state index in [1.807, 2.05) is 30.3 Å². The number of carboxylic acids is 1. The Morgan fingerprint density at radius 2 is 2.10 bits per heavy atom. The number of carbonyl (C=O) groups is 2. The Morgan fingerprint density at radius 1 is 1.35 bits per heavy atom. The maximum Gasteiger partial charge on any atom is 0.327 e. The molecule has 0 aliphatic carbocycles. The normalized spacial score (nSPS) is 18.6. The Kier molecular flexibility index (Phi) is 4.95. The lowest BCUT2D eigenvalue weighted by molar-refractivity contribution is -0.151. The van der Waals surface area contributed by atoms with E-state index in [0.29, 0.717) is 25.4 Å². The molecule has 0 saturated carbocycles. The lowest BCUT2D eigenvalue weighted by Gasteiger charge is -2.33. The molecule has 1 aromatic carbocycles. The molecule has 0 radical (unpaired) electrons. The Balaban J connectivity index is 1.83. The van der Waals surface area contributed by atoms with E-state index in [1.54, 1.807) is 0 Å². The molecule has 1 aliphatic rings. The van der Waals surface area contributed by atoms with Gasteiger partial charge in [0.2, 0.25) is 5.91 Å². The quantitative estimate of drug-likeness (QED) is 0.812. The Hall–Kier alpha value is -2.08. The maximum atomic E-state index is 12.1. The van der Waals surface area contributed by atoms with E-state index in [1.165, 1.54) is 4.90 Å². The second kappa shape index (κ2) is 6.91. The molecule has 2 rings (SSSR count). The van der Waals surface area contributed by atoms with Crippen molar-refractivity contribution in [2.75, 3.05) is 26.2 Å². The SMILES string of the molecule is O=C(O)C1CNCCN1C(=O)CCOc1ccccc1. The van der Waals surface area contributed by atoms with Gasteiger partial charge < -0.3 is 20.1 Å². The first kappa shape index (κ1) is 14.3. The smallest absolute Gasteiger partial charge is 0.327 e. The fraction of sp³-hybridized carbons (Fsp3) is 0.429. The van der Waals surface area contributed by atoms with Gasteiger partial charge in [0.25, 0.3) is 0 Å². The Morgan fingerprint density at radius 3 is 2.80 bits per heavy atom. The van der Waals surface area contributed by atoms with Crippen molar-refractivity contribution in [3.05, 3.63) is 30.3 Å². The number of ether oxygens (including phenoxy) is 1. The highest BCUT2D eigenvalue weighted by Gasteiger charge is 2.31. The molecular formula is C14H18N2O4. The van der Waals surface area contributed by atoms with Crippen molar-refractivity contribution >= 4 is 11.9 Å². The van der Waals surface area contributed by atoms with E-state index in [2.05, 4.69) is 5.32 Å². The number of carboxylic acid groups (broad SMARTS) is 1. The number of benzene rings is 1. The standard InChI is InChI=1S/C14H18N2O4/c17-13(6-9-20-11-4-2-1-3-5-11)16-8-7-15-10-12(16)14(18)19/h1-5,12,15H,6-10H2,(H,18,19). The average molecular weight is 278 g/mol. The van der Waals surface area contributed by atoms with Gasteiger partial charge in [0.15, 0.2) is 0 Å². The number of para-hydroxylation sites is 1. The van der Waals surface area contributed by atoms with Crippen LogP contribution >= 0.6 is 0 Å². The highest BCUT2D eigenvalue weighted by Crippen LogP contribution is 2.10. The fourth-order valence-corrected chi connectivity index (χ4v) is 2.14. The number of piperazine rings is 1. The summed E-state index contributed by atoms with van der Waals surface area (Å²) in [6.45, 7) is 1.58. The van der Waals surface area contributed by atoms with Gasteiger partial charge in [-0.05, 0) is 12.1 Å². The number of rotatable bonds is 5. The number of nitrogens with zero attached hydrogens (tertiary/aromatic N) is 1. The molecule has 6 heteroatoms. The summed E-state index contributed by atoms with van der Waals surface area (Å²) in [5, 5.41) is 12.1. The molecule has 1 unspecified atom stereocenters. The van der Waals surface area contributed by atoms with Gasteiger partial charge >= 0.3 is 5.97 Å². The van der Waals surface area contributed by atoms with Crippen LogP contribution < -0.4 is 10.1 Å². The largest absolute Gasteiger partial charge is 0.493 e. The second-order valence-corrected chi connectivity index (χ2v) is 4.56. The van der Waals surface area contributed by atoms with Gasteiger partial charge in [-0.2, -0.15) is 0 Å². The van der Waals surface area contributed by atoms with Crippen molar-refractivity contribution < 1.29 is 19.4 Å². The number of aliphatic carboxylic acids is 1. The van der Waals surface area contributed by atoms with Gasteiger partial charge in [-0.1, -0.05) is 18.2 Å². The van der Waals surface area contributed by atoms with Crippen LogP contribution in [0.1, 0.15) is 6.42 Å². The van der Waals surface area contributed by atoms with Crippen LogP contribution in [0.15, 0.2) is 30.3 Å². The van der Waals surface area contributed by atoms with Gasteiger partial charge in [0.05, 0.1) is 13.0 Å². The third-order valence-electron chi connectivity index (χ3n) is 3.18. The topological polar surface area (TPSA) is 78.9 Å². The number of hydrogen-bond donors (Lipinski definition) is 2. The highest BCUT2D eigenvalue weighted by atomic mass is 16.5. The molecule has 1 fully saturated rings. The molecule has 2 N–H and O–H groups in total. The van der Waals surface area contributed by atoms with Crippen LogP contribution in [0, 0.1) is 0 Å². The summed E-state index contributed by atoms with van der Waals surface area (Å²) in [7, 11) is 0. The minimum absolute atomic E-state index is 0.179. The first-order valence-corrected chi connectivity index (χ1v) is 6.59. The van der Waals surface area contributed by atoms with Crippen molar-refractivity contribution in [1.82, 2.24) is 10.2 Å². The Labute approximate surface area is 117 Å². The predicted molar refractivity (Wildman–Crippen MR) is 72.6 cm³/mol. The molecule has 1 amide bonds. The molecule has 20 heavy (non-hydrogen) atoms. The van der Waals surface area contributed by atoms with Crippen LogP contribution in [-0.4, -0.2) is 54.2 Å². The lowest BCUT2D eigenvalue weighted by Crippen LogP contribution is -2.57. The van der Waals surface area contributed by atoms with Crippen LogP contribution in [0.2, 0.25) is 0 Å². The van der Waals surface area contributed by atoms with E-state index in [9.17, 15) is 9.59 Å². The lowest BCUT2D eigenvalue weighted by atomic mass is 10.2. The number of hydrogen-bond acceptors (Lipinski definition) is 4. The zero-order valence-electron chi connectivity index (χ0n) is 11.1. The van der Waals surface area contributed by atoms with Crippen LogP contribution in [-0.2, 0) is 9.59 Å². The summed E-state index contributed by atoms with van der Waals surface area (Å²) in [6.07, 6.45) is 0.179.